The van der Waals surface area contributed by atoms with E-state index in [4.69, 9.17) is 14.7 Å². The summed E-state index contributed by atoms with van der Waals surface area (Å²) in [6.07, 6.45) is 4.87. The summed E-state index contributed by atoms with van der Waals surface area (Å²) >= 11 is 4.30. The monoisotopic (exact) mass is 407 g/mol. The van der Waals surface area contributed by atoms with Gasteiger partial charge in [0.1, 0.15) is 11.6 Å². The molecule has 6 heteroatoms. The summed E-state index contributed by atoms with van der Waals surface area (Å²) in [5, 5.41) is 3.86. The molecule has 0 amide bonds. The van der Waals surface area contributed by atoms with Gasteiger partial charge in [0.25, 0.3) is 0 Å². The number of anilines is 1. The van der Waals surface area contributed by atoms with Gasteiger partial charge in [-0.3, -0.25) is 0 Å². The highest BCUT2D eigenvalue weighted by molar-refractivity contribution is 14.1. The van der Waals surface area contributed by atoms with E-state index in [0.29, 0.717) is 11.9 Å². The molecule has 1 atom stereocenters. The van der Waals surface area contributed by atoms with Crippen molar-refractivity contribution in [3.8, 4) is 0 Å². The molecule has 0 bridgehead atoms. The molecule has 1 aromatic heterocycles. The minimum Gasteiger partial charge on any atom is -0.378 e. The van der Waals surface area contributed by atoms with Crippen molar-refractivity contribution >= 4 is 40.2 Å². The molecular weight excluding hydrogens is 385 g/mol. The van der Waals surface area contributed by atoms with Crippen molar-refractivity contribution < 1.29 is 4.74 Å². The Hall–Kier alpha value is -0.0800. The molecule has 1 aliphatic rings. The Morgan fingerprint density at radius 2 is 2.25 bits per heavy atom. The first kappa shape index (κ1) is 16.3. The lowest BCUT2D eigenvalue weighted by molar-refractivity contribution is 0.180. The van der Waals surface area contributed by atoms with Crippen LogP contribution in [0.3, 0.4) is 0 Å². The van der Waals surface area contributed by atoms with Crippen molar-refractivity contribution in [2.45, 2.75) is 44.5 Å². The predicted molar refractivity (Wildman–Crippen MR) is 93.3 cm³/mol. The molecule has 1 unspecified atom stereocenters. The van der Waals surface area contributed by atoms with E-state index < -0.39 is 0 Å². The molecule has 4 nitrogen and oxygen atoms in total. The van der Waals surface area contributed by atoms with E-state index in [2.05, 4.69) is 34.8 Å². The normalized spacial score (nSPS) is 19.1. The number of halogens is 1. The molecule has 0 aliphatic carbocycles. The third-order valence-corrected chi connectivity index (χ3v) is 5.74. The van der Waals surface area contributed by atoms with Crippen LogP contribution in [0.5, 0.6) is 0 Å². The van der Waals surface area contributed by atoms with Crippen LogP contribution in [0.25, 0.3) is 0 Å². The number of hydrogen-bond donors (Lipinski definition) is 1. The van der Waals surface area contributed by atoms with Crippen molar-refractivity contribution in [2.24, 2.45) is 0 Å². The average Bonchev–Trinajstić information content (AvgIpc) is 2.49. The lowest BCUT2D eigenvalue weighted by atomic mass is 10.2. The van der Waals surface area contributed by atoms with Crippen molar-refractivity contribution in [1.82, 2.24) is 9.97 Å². The maximum Gasteiger partial charge on any atom is 0.144 e. The van der Waals surface area contributed by atoms with Gasteiger partial charge in [0.15, 0.2) is 0 Å². The van der Waals surface area contributed by atoms with Crippen molar-refractivity contribution in [1.29, 1.82) is 0 Å². The van der Waals surface area contributed by atoms with E-state index in [1.165, 1.54) is 25.0 Å². The van der Waals surface area contributed by atoms with Gasteiger partial charge in [0.2, 0.25) is 0 Å². The molecule has 1 aromatic rings. The highest BCUT2D eigenvalue weighted by Gasteiger charge is 2.21. The fourth-order valence-electron chi connectivity index (χ4n) is 2.19. The predicted octanol–water partition coefficient (Wildman–Crippen LogP) is 4.01. The van der Waals surface area contributed by atoms with Crippen molar-refractivity contribution in [3.63, 3.8) is 0 Å². The SMILES string of the molecule is CCCNc1nc(C2CCCCS2)nc(COC)c1I. The topological polar surface area (TPSA) is 47.0 Å². The molecule has 0 saturated carbocycles. The van der Waals surface area contributed by atoms with E-state index >= 15 is 0 Å². The Morgan fingerprint density at radius 1 is 1.40 bits per heavy atom. The largest absolute Gasteiger partial charge is 0.378 e. The van der Waals surface area contributed by atoms with Gasteiger partial charge >= 0.3 is 0 Å². The lowest BCUT2D eigenvalue weighted by Crippen LogP contribution is -2.14. The average molecular weight is 407 g/mol. The van der Waals surface area contributed by atoms with Gasteiger partial charge in [-0.15, -0.1) is 0 Å². The second-order valence-electron chi connectivity index (χ2n) is 4.91. The van der Waals surface area contributed by atoms with Crippen LogP contribution in [-0.2, 0) is 11.3 Å². The number of aromatic nitrogens is 2. The van der Waals surface area contributed by atoms with Crippen LogP contribution < -0.4 is 5.32 Å². The first-order valence-electron chi connectivity index (χ1n) is 7.17. The van der Waals surface area contributed by atoms with Gasteiger partial charge in [-0.1, -0.05) is 13.3 Å². The standard InChI is InChI=1S/C14H22IN3OS/c1-3-7-16-14-12(15)10(9-19-2)17-13(18-14)11-6-4-5-8-20-11/h11H,3-9H2,1-2H3,(H,16,17,18). The second kappa shape index (κ2) is 8.38. The number of nitrogens with zero attached hydrogens (tertiary/aromatic N) is 2. The lowest BCUT2D eigenvalue weighted by Gasteiger charge is -2.21. The third kappa shape index (κ3) is 4.21. The second-order valence-corrected chi connectivity index (χ2v) is 7.30. The summed E-state index contributed by atoms with van der Waals surface area (Å²) in [5.74, 6) is 3.16. The highest BCUT2D eigenvalue weighted by Crippen LogP contribution is 2.37. The smallest absolute Gasteiger partial charge is 0.144 e. The van der Waals surface area contributed by atoms with E-state index in [0.717, 1.165) is 33.9 Å². The summed E-state index contributed by atoms with van der Waals surface area (Å²) in [5.41, 5.74) is 1.00. The summed E-state index contributed by atoms with van der Waals surface area (Å²) in [4.78, 5) is 9.52. The van der Waals surface area contributed by atoms with Crippen LogP contribution in [-0.4, -0.2) is 29.4 Å². The van der Waals surface area contributed by atoms with Gasteiger partial charge in [-0.2, -0.15) is 11.8 Å². The zero-order chi connectivity index (χ0) is 14.4. The zero-order valence-electron chi connectivity index (χ0n) is 12.1. The summed E-state index contributed by atoms with van der Waals surface area (Å²) in [7, 11) is 1.71. The molecule has 0 radical (unpaired) electrons. The molecule has 112 valence electrons. The molecule has 1 fully saturated rings. The van der Waals surface area contributed by atoms with E-state index in [1.54, 1.807) is 7.11 Å². The van der Waals surface area contributed by atoms with Crippen molar-refractivity contribution in [2.75, 3.05) is 24.7 Å². The number of methoxy groups -OCH3 is 1. The molecule has 0 spiro atoms. The van der Waals surface area contributed by atoms with Gasteiger partial charge in [-0.05, 0) is 47.6 Å². The minimum absolute atomic E-state index is 0.443. The van der Waals surface area contributed by atoms with Crippen LogP contribution in [0.4, 0.5) is 5.82 Å². The molecule has 2 heterocycles. The molecule has 2 rings (SSSR count). The van der Waals surface area contributed by atoms with E-state index in [-0.39, 0.29) is 0 Å². The summed E-state index contributed by atoms with van der Waals surface area (Å²) < 4.78 is 6.37. The first-order chi connectivity index (χ1) is 9.76. The van der Waals surface area contributed by atoms with Gasteiger partial charge < -0.3 is 10.1 Å². The number of rotatable bonds is 6. The van der Waals surface area contributed by atoms with E-state index in [1.807, 2.05) is 11.8 Å². The van der Waals surface area contributed by atoms with Gasteiger partial charge in [0, 0.05) is 13.7 Å². The molecule has 1 aliphatic heterocycles. The van der Waals surface area contributed by atoms with Crippen LogP contribution in [0.15, 0.2) is 0 Å². The Kier molecular flexibility index (Phi) is 6.83. The van der Waals surface area contributed by atoms with Crippen LogP contribution in [0, 0.1) is 3.57 Å². The quantitative estimate of drug-likeness (QED) is 0.723. The minimum atomic E-state index is 0.443. The highest BCUT2D eigenvalue weighted by atomic mass is 127. The number of thioether (sulfide) groups is 1. The number of hydrogen-bond acceptors (Lipinski definition) is 5. The molecule has 0 aromatic carbocycles. The Morgan fingerprint density at radius 3 is 2.90 bits per heavy atom. The molecule has 1 N–H and O–H groups in total. The fraction of sp³-hybridized carbons (Fsp3) is 0.714. The Bertz CT molecular complexity index is 439. The molecule has 1 saturated heterocycles. The summed E-state index contributed by atoms with van der Waals surface area (Å²) in [6, 6.07) is 0. The third-order valence-electron chi connectivity index (χ3n) is 3.23. The Labute approximate surface area is 139 Å². The van der Waals surface area contributed by atoms with Gasteiger partial charge in [-0.25, -0.2) is 9.97 Å². The summed E-state index contributed by atoms with van der Waals surface area (Å²) in [6.45, 7) is 3.65. The zero-order valence-corrected chi connectivity index (χ0v) is 15.1. The maximum atomic E-state index is 5.28. The van der Waals surface area contributed by atoms with Crippen LogP contribution >= 0.6 is 34.4 Å². The van der Waals surface area contributed by atoms with Crippen molar-refractivity contribution in [3.05, 3.63) is 15.1 Å². The first-order valence-corrected chi connectivity index (χ1v) is 9.29. The van der Waals surface area contributed by atoms with Crippen LogP contribution in [0.1, 0.15) is 49.4 Å². The number of nitrogens with one attached hydrogen (secondary N) is 1. The fourth-order valence-corrected chi connectivity index (χ4v) is 4.02. The number of ether oxygens (including phenoxy) is 1. The van der Waals surface area contributed by atoms with Gasteiger partial charge in [0.05, 0.1) is 21.1 Å². The Balaban J connectivity index is 2.27. The van der Waals surface area contributed by atoms with E-state index in [9.17, 15) is 0 Å². The molecule has 20 heavy (non-hydrogen) atoms. The maximum absolute atomic E-state index is 5.28. The molecular formula is C14H22IN3OS. The van der Waals surface area contributed by atoms with Crippen LogP contribution in [0.2, 0.25) is 0 Å².